The first-order valence-electron chi connectivity index (χ1n) is 6.44. The molecule has 1 amide bonds. The fourth-order valence-corrected chi connectivity index (χ4v) is 2.72. The topological polar surface area (TPSA) is 41.1 Å². The number of rotatable bonds is 5. The van der Waals surface area contributed by atoms with E-state index >= 15 is 0 Å². The molecule has 1 aliphatic rings. The molecule has 0 aromatic carbocycles. The van der Waals surface area contributed by atoms with Crippen molar-refractivity contribution in [2.75, 3.05) is 13.1 Å². The predicted octanol–water partition coefficient (Wildman–Crippen LogP) is 1.93. The molecule has 16 heavy (non-hydrogen) atoms. The van der Waals surface area contributed by atoms with Crippen molar-refractivity contribution in [3.63, 3.8) is 0 Å². The number of carbonyl (C=O) groups excluding carboxylic acids is 1. The Balaban J connectivity index is 2.25. The summed E-state index contributed by atoms with van der Waals surface area (Å²) in [7, 11) is 0. The first-order chi connectivity index (χ1) is 7.44. The van der Waals surface area contributed by atoms with Gasteiger partial charge in [-0.25, -0.2) is 0 Å². The van der Waals surface area contributed by atoms with Crippen LogP contribution in [-0.2, 0) is 4.79 Å². The van der Waals surface area contributed by atoms with Crippen LogP contribution in [0.1, 0.15) is 47.0 Å². The van der Waals surface area contributed by atoms with Gasteiger partial charge in [-0.3, -0.25) is 4.79 Å². The molecule has 0 bridgehead atoms. The lowest BCUT2D eigenvalue weighted by Crippen LogP contribution is -2.40. The molecular formula is C13H26N2O. The van der Waals surface area contributed by atoms with Gasteiger partial charge in [0.25, 0.3) is 0 Å². The van der Waals surface area contributed by atoms with E-state index in [0.29, 0.717) is 23.9 Å². The van der Waals surface area contributed by atoms with Crippen molar-refractivity contribution in [2.24, 2.45) is 11.3 Å². The maximum Gasteiger partial charge on any atom is 0.233 e. The van der Waals surface area contributed by atoms with E-state index in [1.165, 1.54) is 12.8 Å². The highest BCUT2D eigenvalue weighted by Crippen LogP contribution is 2.40. The average molecular weight is 226 g/mol. The van der Waals surface area contributed by atoms with Gasteiger partial charge in [0.15, 0.2) is 0 Å². The van der Waals surface area contributed by atoms with Crippen LogP contribution in [0.15, 0.2) is 0 Å². The molecule has 0 spiro atoms. The van der Waals surface area contributed by atoms with Crippen LogP contribution in [0.3, 0.4) is 0 Å². The third kappa shape index (κ3) is 4.12. The van der Waals surface area contributed by atoms with E-state index in [0.717, 1.165) is 13.0 Å². The summed E-state index contributed by atoms with van der Waals surface area (Å²) < 4.78 is 0. The maximum atomic E-state index is 11.5. The number of amides is 1. The lowest BCUT2D eigenvalue weighted by atomic mass is 9.91. The number of nitrogens with one attached hydrogen (secondary N) is 2. The molecule has 1 rings (SSSR count). The minimum absolute atomic E-state index is 0.124. The molecule has 1 saturated carbocycles. The molecule has 3 nitrogen and oxygen atoms in total. The largest absolute Gasteiger partial charge is 0.355 e. The fraction of sp³-hybridized carbons (Fsp3) is 0.923. The zero-order valence-electron chi connectivity index (χ0n) is 11.1. The SMILES string of the molecule is CCCNC(=O)CNC1CC(C)(C)CC1C. The molecule has 0 aromatic heterocycles. The minimum atomic E-state index is 0.124. The van der Waals surface area contributed by atoms with E-state index in [1.807, 2.05) is 0 Å². The van der Waals surface area contributed by atoms with Crippen molar-refractivity contribution in [1.82, 2.24) is 10.6 Å². The van der Waals surface area contributed by atoms with Crippen molar-refractivity contribution in [3.8, 4) is 0 Å². The van der Waals surface area contributed by atoms with Gasteiger partial charge in [0.1, 0.15) is 0 Å². The Bertz CT molecular complexity index is 238. The summed E-state index contributed by atoms with van der Waals surface area (Å²) in [6.07, 6.45) is 3.43. The molecule has 2 unspecified atom stereocenters. The lowest BCUT2D eigenvalue weighted by Gasteiger charge is -2.18. The van der Waals surface area contributed by atoms with Crippen LogP contribution in [0.4, 0.5) is 0 Å². The van der Waals surface area contributed by atoms with E-state index < -0.39 is 0 Å². The quantitative estimate of drug-likeness (QED) is 0.752. The monoisotopic (exact) mass is 226 g/mol. The van der Waals surface area contributed by atoms with Crippen LogP contribution in [0.5, 0.6) is 0 Å². The van der Waals surface area contributed by atoms with Gasteiger partial charge in [0, 0.05) is 12.6 Å². The molecule has 94 valence electrons. The summed E-state index contributed by atoms with van der Waals surface area (Å²) in [5, 5.41) is 6.27. The van der Waals surface area contributed by atoms with E-state index in [-0.39, 0.29) is 5.91 Å². The lowest BCUT2D eigenvalue weighted by molar-refractivity contribution is -0.120. The molecule has 0 aliphatic heterocycles. The van der Waals surface area contributed by atoms with Gasteiger partial charge in [0.05, 0.1) is 6.54 Å². The Morgan fingerprint density at radius 3 is 2.56 bits per heavy atom. The van der Waals surface area contributed by atoms with Gasteiger partial charge in [-0.2, -0.15) is 0 Å². The fourth-order valence-electron chi connectivity index (χ4n) is 2.72. The predicted molar refractivity (Wildman–Crippen MR) is 67.3 cm³/mol. The second kappa shape index (κ2) is 5.67. The minimum Gasteiger partial charge on any atom is -0.355 e. The maximum absolute atomic E-state index is 11.5. The van der Waals surface area contributed by atoms with Gasteiger partial charge >= 0.3 is 0 Å². The van der Waals surface area contributed by atoms with Crippen LogP contribution < -0.4 is 10.6 Å². The van der Waals surface area contributed by atoms with Gasteiger partial charge in [0.2, 0.25) is 5.91 Å². The van der Waals surface area contributed by atoms with Gasteiger partial charge < -0.3 is 10.6 Å². The molecule has 0 saturated heterocycles. The van der Waals surface area contributed by atoms with E-state index in [4.69, 9.17) is 0 Å². The molecule has 3 heteroatoms. The highest BCUT2D eigenvalue weighted by atomic mass is 16.1. The Morgan fingerprint density at radius 2 is 2.06 bits per heavy atom. The highest BCUT2D eigenvalue weighted by Gasteiger charge is 2.36. The smallest absolute Gasteiger partial charge is 0.233 e. The Labute approximate surface area is 99.4 Å². The van der Waals surface area contributed by atoms with Crippen LogP contribution >= 0.6 is 0 Å². The third-order valence-corrected chi connectivity index (χ3v) is 3.43. The molecule has 0 radical (unpaired) electrons. The van der Waals surface area contributed by atoms with E-state index in [1.54, 1.807) is 0 Å². The van der Waals surface area contributed by atoms with E-state index in [9.17, 15) is 4.79 Å². The molecule has 0 heterocycles. The summed E-state index contributed by atoms with van der Waals surface area (Å²) >= 11 is 0. The van der Waals surface area contributed by atoms with E-state index in [2.05, 4.69) is 38.3 Å². The van der Waals surface area contributed by atoms with Crippen LogP contribution in [0.25, 0.3) is 0 Å². The Hall–Kier alpha value is -0.570. The van der Waals surface area contributed by atoms with Crippen LogP contribution in [0, 0.1) is 11.3 Å². The van der Waals surface area contributed by atoms with Crippen molar-refractivity contribution in [1.29, 1.82) is 0 Å². The van der Waals surface area contributed by atoms with Gasteiger partial charge in [-0.15, -0.1) is 0 Å². The Morgan fingerprint density at radius 1 is 1.38 bits per heavy atom. The molecule has 1 fully saturated rings. The summed E-state index contributed by atoms with van der Waals surface area (Å²) in [5.41, 5.74) is 0.428. The summed E-state index contributed by atoms with van der Waals surface area (Å²) in [6, 6.07) is 0.502. The zero-order valence-corrected chi connectivity index (χ0v) is 11.1. The second-order valence-corrected chi connectivity index (χ2v) is 5.89. The number of hydrogen-bond donors (Lipinski definition) is 2. The summed E-state index contributed by atoms with van der Waals surface area (Å²) in [6.45, 7) is 10.2. The van der Waals surface area contributed by atoms with Gasteiger partial charge in [-0.1, -0.05) is 27.7 Å². The number of hydrogen-bond acceptors (Lipinski definition) is 2. The summed E-state index contributed by atoms with van der Waals surface area (Å²) in [5.74, 6) is 0.799. The molecular weight excluding hydrogens is 200 g/mol. The van der Waals surface area contributed by atoms with Crippen molar-refractivity contribution >= 4 is 5.91 Å². The molecule has 2 N–H and O–H groups in total. The normalized spacial score (nSPS) is 28.0. The van der Waals surface area contributed by atoms with Crippen LogP contribution in [0.2, 0.25) is 0 Å². The van der Waals surface area contributed by atoms with Crippen molar-refractivity contribution in [3.05, 3.63) is 0 Å². The molecule has 2 atom stereocenters. The van der Waals surface area contributed by atoms with Crippen LogP contribution in [-0.4, -0.2) is 25.0 Å². The first-order valence-corrected chi connectivity index (χ1v) is 6.44. The standard InChI is InChI=1S/C13H26N2O/c1-5-6-14-12(16)9-15-11-8-13(3,4)7-10(11)2/h10-11,15H,5-9H2,1-4H3,(H,14,16). The summed E-state index contributed by atoms with van der Waals surface area (Å²) in [4.78, 5) is 11.5. The molecule has 0 aromatic rings. The molecule has 1 aliphatic carbocycles. The zero-order chi connectivity index (χ0) is 12.2. The van der Waals surface area contributed by atoms with Gasteiger partial charge in [-0.05, 0) is 30.6 Å². The Kier molecular flexibility index (Phi) is 4.78. The highest BCUT2D eigenvalue weighted by molar-refractivity contribution is 5.77. The second-order valence-electron chi connectivity index (χ2n) is 5.89. The average Bonchev–Trinajstić information content (AvgIpc) is 2.45. The third-order valence-electron chi connectivity index (χ3n) is 3.43. The van der Waals surface area contributed by atoms with Crippen molar-refractivity contribution in [2.45, 2.75) is 53.0 Å². The van der Waals surface area contributed by atoms with Crippen molar-refractivity contribution < 1.29 is 4.79 Å². The number of carbonyl (C=O) groups is 1. The first kappa shape index (κ1) is 13.5.